The van der Waals surface area contributed by atoms with Crippen LogP contribution in [0.25, 0.3) is 0 Å². The summed E-state index contributed by atoms with van der Waals surface area (Å²) in [4.78, 5) is 29.5. The molecule has 7 heteroatoms. The van der Waals surface area contributed by atoms with Crippen LogP contribution in [0, 0.1) is 0 Å². The molecule has 2 aliphatic rings. The number of nitrogens with zero attached hydrogens (tertiary/aromatic N) is 2. The molecule has 2 heterocycles. The van der Waals surface area contributed by atoms with Gasteiger partial charge in [-0.15, -0.1) is 0 Å². The predicted octanol–water partition coefficient (Wildman–Crippen LogP) is 2.14. The van der Waals surface area contributed by atoms with E-state index in [-0.39, 0.29) is 18.2 Å². The van der Waals surface area contributed by atoms with Crippen LogP contribution in [-0.2, 0) is 25.5 Å². The highest BCUT2D eigenvalue weighted by Gasteiger charge is 2.46. The standard InChI is InChI=1S/C20H27ClN2O4/c1-26-10-3-8-23-18(24)6-9-22(14-20(23)7-11-27-15-20)19(25)13-16-4-2-5-17(21)12-16/h2,4-5,12H,3,6-11,13-15H2,1H3. The van der Waals surface area contributed by atoms with E-state index in [1.807, 2.05) is 28.0 Å². The fraction of sp³-hybridized carbons (Fsp3) is 0.600. The van der Waals surface area contributed by atoms with Gasteiger partial charge in [-0.2, -0.15) is 0 Å². The van der Waals surface area contributed by atoms with Crippen molar-refractivity contribution in [1.82, 2.24) is 9.80 Å². The Balaban J connectivity index is 1.74. The van der Waals surface area contributed by atoms with Gasteiger partial charge in [-0.05, 0) is 30.5 Å². The van der Waals surface area contributed by atoms with Crippen LogP contribution in [0.1, 0.15) is 24.8 Å². The summed E-state index contributed by atoms with van der Waals surface area (Å²) in [5.41, 5.74) is 0.461. The van der Waals surface area contributed by atoms with Crippen LogP contribution >= 0.6 is 11.6 Å². The van der Waals surface area contributed by atoms with Crippen molar-refractivity contribution in [3.8, 4) is 0 Å². The molecule has 0 radical (unpaired) electrons. The third-order valence-electron chi connectivity index (χ3n) is 5.36. The lowest BCUT2D eigenvalue weighted by Gasteiger charge is -2.40. The highest BCUT2D eigenvalue weighted by molar-refractivity contribution is 6.30. The maximum atomic E-state index is 12.9. The normalized spacial score (nSPS) is 23.1. The summed E-state index contributed by atoms with van der Waals surface area (Å²) in [5, 5.41) is 0.622. The minimum absolute atomic E-state index is 0.0232. The van der Waals surface area contributed by atoms with Crippen molar-refractivity contribution in [2.45, 2.75) is 31.2 Å². The van der Waals surface area contributed by atoms with Crippen molar-refractivity contribution >= 4 is 23.4 Å². The van der Waals surface area contributed by atoms with E-state index in [1.165, 1.54) is 0 Å². The molecule has 1 aromatic rings. The van der Waals surface area contributed by atoms with Gasteiger partial charge in [0.25, 0.3) is 0 Å². The predicted molar refractivity (Wildman–Crippen MR) is 103 cm³/mol. The van der Waals surface area contributed by atoms with Gasteiger partial charge in [-0.1, -0.05) is 23.7 Å². The van der Waals surface area contributed by atoms with Gasteiger partial charge in [0.1, 0.15) is 0 Å². The van der Waals surface area contributed by atoms with Gasteiger partial charge in [0, 0.05) is 51.4 Å². The monoisotopic (exact) mass is 394 g/mol. The van der Waals surface area contributed by atoms with Crippen molar-refractivity contribution in [1.29, 1.82) is 0 Å². The first-order chi connectivity index (χ1) is 13.0. The topological polar surface area (TPSA) is 59.1 Å². The third-order valence-corrected chi connectivity index (χ3v) is 5.60. The number of carbonyl (C=O) groups is 2. The summed E-state index contributed by atoms with van der Waals surface area (Å²) in [7, 11) is 1.66. The number of hydrogen-bond donors (Lipinski definition) is 0. The van der Waals surface area contributed by atoms with E-state index in [2.05, 4.69) is 0 Å². The molecule has 148 valence electrons. The fourth-order valence-electron chi connectivity index (χ4n) is 3.96. The molecule has 0 aromatic heterocycles. The Morgan fingerprint density at radius 2 is 2.26 bits per heavy atom. The molecular formula is C20H27ClN2O4. The number of benzene rings is 1. The molecule has 2 fully saturated rings. The first-order valence-corrected chi connectivity index (χ1v) is 9.81. The molecule has 0 saturated carbocycles. The number of rotatable bonds is 6. The summed E-state index contributed by atoms with van der Waals surface area (Å²) in [6.45, 7) is 3.30. The first kappa shape index (κ1) is 20.1. The quantitative estimate of drug-likeness (QED) is 0.693. The van der Waals surface area contributed by atoms with E-state index in [0.717, 1.165) is 18.4 Å². The van der Waals surface area contributed by atoms with Crippen LogP contribution in [0.5, 0.6) is 0 Å². The van der Waals surface area contributed by atoms with Crippen LogP contribution in [-0.4, -0.2) is 73.7 Å². The molecule has 3 rings (SSSR count). The van der Waals surface area contributed by atoms with Gasteiger partial charge in [0.2, 0.25) is 11.8 Å². The van der Waals surface area contributed by atoms with Crippen molar-refractivity contribution in [3.05, 3.63) is 34.9 Å². The van der Waals surface area contributed by atoms with Crippen molar-refractivity contribution in [2.75, 3.05) is 46.6 Å². The molecule has 1 spiro atoms. The summed E-state index contributed by atoms with van der Waals surface area (Å²) in [5.74, 6) is 0.116. The third kappa shape index (κ3) is 4.81. The zero-order valence-electron chi connectivity index (χ0n) is 15.8. The summed E-state index contributed by atoms with van der Waals surface area (Å²) < 4.78 is 10.8. The summed E-state index contributed by atoms with van der Waals surface area (Å²) in [6, 6.07) is 7.36. The number of amides is 2. The highest BCUT2D eigenvalue weighted by atomic mass is 35.5. The Labute approximate surface area is 165 Å². The van der Waals surface area contributed by atoms with E-state index >= 15 is 0 Å². The Morgan fingerprint density at radius 3 is 2.96 bits per heavy atom. The zero-order valence-corrected chi connectivity index (χ0v) is 16.5. The number of ether oxygens (including phenoxy) is 2. The van der Waals surface area contributed by atoms with E-state index in [4.69, 9.17) is 21.1 Å². The molecule has 1 unspecified atom stereocenters. The molecule has 0 bridgehead atoms. The summed E-state index contributed by atoms with van der Waals surface area (Å²) in [6.07, 6.45) is 2.17. The number of hydrogen-bond acceptors (Lipinski definition) is 4. The number of halogens is 1. The second-order valence-corrected chi connectivity index (χ2v) is 7.73. The second kappa shape index (κ2) is 9.04. The van der Waals surface area contributed by atoms with Gasteiger partial charge in [-0.3, -0.25) is 9.59 Å². The number of carbonyl (C=O) groups excluding carboxylic acids is 2. The van der Waals surface area contributed by atoms with Crippen LogP contribution in [0.3, 0.4) is 0 Å². The molecule has 1 aromatic carbocycles. The largest absolute Gasteiger partial charge is 0.385 e. The van der Waals surface area contributed by atoms with Crippen molar-refractivity contribution < 1.29 is 19.1 Å². The first-order valence-electron chi connectivity index (χ1n) is 9.43. The molecular weight excluding hydrogens is 368 g/mol. The van der Waals surface area contributed by atoms with E-state index in [9.17, 15) is 9.59 Å². The van der Waals surface area contributed by atoms with Gasteiger partial charge < -0.3 is 19.3 Å². The molecule has 2 aliphatic heterocycles. The Kier molecular flexibility index (Phi) is 6.73. The Bertz CT molecular complexity index is 676. The zero-order chi connectivity index (χ0) is 19.3. The lowest BCUT2D eigenvalue weighted by molar-refractivity contribution is -0.137. The van der Waals surface area contributed by atoms with Gasteiger partial charge in [-0.25, -0.2) is 0 Å². The molecule has 0 N–H and O–H groups in total. The molecule has 2 amide bonds. The maximum absolute atomic E-state index is 12.9. The van der Waals surface area contributed by atoms with E-state index in [1.54, 1.807) is 13.2 Å². The minimum atomic E-state index is -0.425. The van der Waals surface area contributed by atoms with Crippen molar-refractivity contribution in [2.24, 2.45) is 0 Å². The summed E-state index contributed by atoms with van der Waals surface area (Å²) >= 11 is 6.03. The average molecular weight is 395 g/mol. The minimum Gasteiger partial charge on any atom is -0.385 e. The SMILES string of the molecule is COCCCN1C(=O)CCN(C(=O)Cc2cccc(Cl)c2)CC12CCOC2. The van der Waals surface area contributed by atoms with Crippen LogP contribution < -0.4 is 0 Å². The maximum Gasteiger partial charge on any atom is 0.227 e. The van der Waals surface area contributed by atoms with Crippen LogP contribution in [0.15, 0.2) is 24.3 Å². The van der Waals surface area contributed by atoms with Gasteiger partial charge in [0.15, 0.2) is 0 Å². The Morgan fingerprint density at radius 1 is 1.41 bits per heavy atom. The molecule has 27 heavy (non-hydrogen) atoms. The fourth-order valence-corrected chi connectivity index (χ4v) is 4.17. The van der Waals surface area contributed by atoms with Gasteiger partial charge >= 0.3 is 0 Å². The number of methoxy groups -OCH3 is 1. The lowest BCUT2D eigenvalue weighted by Crippen LogP contribution is -2.57. The highest BCUT2D eigenvalue weighted by Crippen LogP contribution is 2.31. The lowest BCUT2D eigenvalue weighted by atomic mass is 9.95. The van der Waals surface area contributed by atoms with Gasteiger partial charge in [0.05, 0.1) is 18.6 Å². The Hall–Kier alpha value is -1.63. The average Bonchev–Trinajstić information content (AvgIpc) is 3.06. The van der Waals surface area contributed by atoms with E-state index in [0.29, 0.717) is 50.9 Å². The molecule has 6 nitrogen and oxygen atoms in total. The van der Waals surface area contributed by atoms with Crippen LogP contribution in [0.4, 0.5) is 0 Å². The van der Waals surface area contributed by atoms with E-state index < -0.39 is 5.54 Å². The van der Waals surface area contributed by atoms with Crippen molar-refractivity contribution in [3.63, 3.8) is 0 Å². The molecule has 0 aliphatic carbocycles. The molecule has 1 atom stereocenters. The van der Waals surface area contributed by atoms with Crippen LogP contribution in [0.2, 0.25) is 5.02 Å². The second-order valence-electron chi connectivity index (χ2n) is 7.29. The molecule has 2 saturated heterocycles. The smallest absolute Gasteiger partial charge is 0.227 e.